The highest BCUT2D eigenvalue weighted by Crippen LogP contribution is 2.38. The molecule has 1 aromatic rings. The molecule has 4 nitrogen and oxygen atoms in total. The van der Waals surface area contributed by atoms with E-state index in [-0.39, 0.29) is 5.60 Å². The Balaban J connectivity index is 2.20. The Morgan fingerprint density at radius 3 is 2.56 bits per heavy atom. The Labute approximate surface area is 113 Å². The standard InChI is InChI=1S/C13H23N3OS/c1-3-14-12-15-11(16-18-12)13(17-4-2)9-7-5-6-8-10-13/h3-10H2,1-2H3,(H,14,15,16). The molecule has 1 saturated carbocycles. The Morgan fingerprint density at radius 2 is 1.94 bits per heavy atom. The van der Waals surface area contributed by atoms with Gasteiger partial charge >= 0.3 is 0 Å². The molecule has 0 amide bonds. The summed E-state index contributed by atoms with van der Waals surface area (Å²) in [5.74, 6) is 0.896. The predicted molar refractivity (Wildman–Crippen MR) is 75.1 cm³/mol. The van der Waals surface area contributed by atoms with Crippen LogP contribution in [0.25, 0.3) is 0 Å². The molecule has 1 heterocycles. The highest BCUT2D eigenvalue weighted by atomic mass is 32.1. The van der Waals surface area contributed by atoms with Gasteiger partial charge in [-0.1, -0.05) is 25.7 Å². The third-order valence-electron chi connectivity index (χ3n) is 3.49. The summed E-state index contributed by atoms with van der Waals surface area (Å²) in [6, 6.07) is 0. The van der Waals surface area contributed by atoms with Crippen molar-refractivity contribution in [2.75, 3.05) is 18.5 Å². The Hall–Kier alpha value is -0.680. The van der Waals surface area contributed by atoms with E-state index in [1.807, 2.05) is 0 Å². The number of hydrogen-bond donors (Lipinski definition) is 1. The van der Waals surface area contributed by atoms with Crippen molar-refractivity contribution in [1.29, 1.82) is 0 Å². The molecule has 102 valence electrons. The second-order valence-corrected chi connectivity index (χ2v) is 5.55. The number of nitrogens with one attached hydrogen (secondary N) is 1. The van der Waals surface area contributed by atoms with Gasteiger partial charge in [-0.2, -0.15) is 4.37 Å². The van der Waals surface area contributed by atoms with E-state index >= 15 is 0 Å². The molecule has 2 rings (SSSR count). The molecule has 1 aliphatic carbocycles. The zero-order valence-corrected chi connectivity index (χ0v) is 12.2. The lowest BCUT2D eigenvalue weighted by molar-refractivity contribution is -0.0615. The van der Waals surface area contributed by atoms with E-state index in [2.05, 4.69) is 28.5 Å². The van der Waals surface area contributed by atoms with Crippen LogP contribution >= 0.6 is 11.5 Å². The number of nitrogens with zero attached hydrogens (tertiary/aromatic N) is 2. The fraction of sp³-hybridized carbons (Fsp3) is 0.846. The van der Waals surface area contributed by atoms with E-state index in [0.29, 0.717) is 0 Å². The van der Waals surface area contributed by atoms with Crippen LogP contribution in [0.5, 0.6) is 0 Å². The molecule has 1 aliphatic rings. The minimum Gasteiger partial charge on any atom is -0.367 e. The molecule has 0 unspecified atom stereocenters. The Morgan fingerprint density at radius 1 is 1.22 bits per heavy atom. The molecular formula is C13H23N3OS. The van der Waals surface area contributed by atoms with Crippen molar-refractivity contribution < 1.29 is 4.74 Å². The topological polar surface area (TPSA) is 47.0 Å². The summed E-state index contributed by atoms with van der Waals surface area (Å²) in [6.45, 7) is 5.75. The summed E-state index contributed by atoms with van der Waals surface area (Å²) in [4.78, 5) is 4.63. The summed E-state index contributed by atoms with van der Waals surface area (Å²) in [7, 11) is 0. The van der Waals surface area contributed by atoms with Crippen molar-refractivity contribution >= 4 is 16.7 Å². The number of hydrogen-bond acceptors (Lipinski definition) is 5. The predicted octanol–water partition coefficient (Wildman–Crippen LogP) is 3.56. The first-order valence-corrected chi connectivity index (χ1v) is 7.80. The molecule has 0 radical (unpaired) electrons. The van der Waals surface area contributed by atoms with Gasteiger partial charge in [-0.25, -0.2) is 4.98 Å². The maximum atomic E-state index is 6.08. The quantitative estimate of drug-likeness (QED) is 0.830. The first-order chi connectivity index (χ1) is 8.80. The van der Waals surface area contributed by atoms with Crippen LogP contribution in [0.15, 0.2) is 0 Å². The fourth-order valence-electron chi connectivity index (χ4n) is 2.64. The summed E-state index contributed by atoms with van der Waals surface area (Å²) in [6.07, 6.45) is 7.16. The average molecular weight is 269 g/mol. The lowest BCUT2D eigenvalue weighted by Gasteiger charge is -2.29. The molecule has 1 aromatic heterocycles. The Bertz CT molecular complexity index is 359. The molecule has 0 saturated heterocycles. The smallest absolute Gasteiger partial charge is 0.202 e. The first-order valence-electron chi connectivity index (χ1n) is 7.03. The molecule has 5 heteroatoms. The lowest BCUT2D eigenvalue weighted by atomic mass is 9.93. The molecule has 0 bridgehead atoms. The minimum atomic E-state index is -0.227. The van der Waals surface area contributed by atoms with Gasteiger partial charge in [-0.05, 0) is 26.7 Å². The van der Waals surface area contributed by atoms with Crippen LogP contribution in [0.4, 0.5) is 5.13 Å². The van der Waals surface area contributed by atoms with Crippen LogP contribution in [0.2, 0.25) is 0 Å². The largest absolute Gasteiger partial charge is 0.367 e. The van der Waals surface area contributed by atoms with Gasteiger partial charge in [0.1, 0.15) is 5.60 Å². The zero-order valence-electron chi connectivity index (χ0n) is 11.4. The highest BCUT2D eigenvalue weighted by molar-refractivity contribution is 7.09. The third-order valence-corrected chi connectivity index (χ3v) is 4.17. The van der Waals surface area contributed by atoms with E-state index in [0.717, 1.165) is 36.9 Å². The van der Waals surface area contributed by atoms with Gasteiger partial charge < -0.3 is 10.1 Å². The van der Waals surface area contributed by atoms with Crippen LogP contribution in [-0.2, 0) is 10.3 Å². The molecule has 1 fully saturated rings. The summed E-state index contributed by atoms with van der Waals surface area (Å²) < 4.78 is 10.6. The van der Waals surface area contributed by atoms with Crippen molar-refractivity contribution in [1.82, 2.24) is 9.36 Å². The molecule has 18 heavy (non-hydrogen) atoms. The van der Waals surface area contributed by atoms with E-state index in [9.17, 15) is 0 Å². The van der Waals surface area contributed by atoms with Gasteiger partial charge in [0.05, 0.1) is 0 Å². The van der Waals surface area contributed by atoms with E-state index < -0.39 is 0 Å². The molecule has 1 N–H and O–H groups in total. The van der Waals surface area contributed by atoms with Crippen LogP contribution in [0.1, 0.15) is 58.2 Å². The third kappa shape index (κ3) is 3.01. The van der Waals surface area contributed by atoms with Gasteiger partial charge in [-0.3, -0.25) is 0 Å². The lowest BCUT2D eigenvalue weighted by Crippen LogP contribution is -2.30. The molecular weight excluding hydrogens is 246 g/mol. The monoisotopic (exact) mass is 269 g/mol. The summed E-state index contributed by atoms with van der Waals surface area (Å²) in [5, 5.41) is 4.14. The van der Waals surface area contributed by atoms with Crippen LogP contribution in [0, 0.1) is 0 Å². The maximum Gasteiger partial charge on any atom is 0.202 e. The molecule has 0 aromatic carbocycles. The van der Waals surface area contributed by atoms with Crippen LogP contribution in [-0.4, -0.2) is 22.5 Å². The zero-order chi connectivity index (χ0) is 12.8. The van der Waals surface area contributed by atoms with Crippen molar-refractivity contribution in [2.24, 2.45) is 0 Å². The average Bonchev–Trinajstić information content (AvgIpc) is 2.70. The SMILES string of the molecule is CCNc1nc(C2(OCC)CCCCCC2)ns1. The molecule has 0 spiro atoms. The van der Waals surface area contributed by atoms with Crippen molar-refractivity contribution in [3.05, 3.63) is 5.82 Å². The van der Waals surface area contributed by atoms with E-state index in [1.165, 1.54) is 37.2 Å². The highest BCUT2D eigenvalue weighted by Gasteiger charge is 2.37. The molecule has 0 aliphatic heterocycles. The van der Waals surface area contributed by atoms with Gasteiger partial charge in [0.25, 0.3) is 0 Å². The molecule has 0 atom stereocenters. The number of ether oxygens (including phenoxy) is 1. The van der Waals surface area contributed by atoms with Crippen LogP contribution < -0.4 is 5.32 Å². The number of anilines is 1. The minimum absolute atomic E-state index is 0.227. The summed E-state index contributed by atoms with van der Waals surface area (Å²) >= 11 is 1.45. The second kappa shape index (κ2) is 6.48. The maximum absolute atomic E-state index is 6.08. The van der Waals surface area contributed by atoms with E-state index in [1.54, 1.807) is 0 Å². The first kappa shape index (κ1) is 13.7. The van der Waals surface area contributed by atoms with Crippen molar-refractivity contribution in [3.8, 4) is 0 Å². The van der Waals surface area contributed by atoms with E-state index in [4.69, 9.17) is 4.74 Å². The Kier molecular flexibility index (Phi) is 4.95. The fourth-order valence-corrected chi connectivity index (χ4v) is 3.36. The van der Waals surface area contributed by atoms with Crippen molar-refractivity contribution in [2.45, 2.75) is 58.0 Å². The summed E-state index contributed by atoms with van der Waals surface area (Å²) in [5.41, 5.74) is -0.227. The van der Waals surface area contributed by atoms with Gasteiger partial charge in [0, 0.05) is 24.7 Å². The number of rotatable bonds is 5. The number of aromatic nitrogens is 2. The van der Waals surface area contributed by atoms with Gasteiger partial charge in [0.2, 0.25) is 5.13 Å². The van der Waals surface area contributed by atoms with Gasteiger partial charge in [-0.15, -0.1) is 0 Å². The van der Waals surface area contributed by atoms with Gasteiger partial charge in [0.15, 0.2) is 5.82 Å². The second-order valence-electron chi connectivity index (χ2n) is 4.79. The van der Waals surface area contributed by atoms with Crippen LogP contribution in [0.3, 0.4) is 0 Å². The normalized spacial score (nSPS) is 19.4. The van der Waals surface area contributed by atoms with Crippen molar-refractivity contribution in [3.63, 3.8) is 0 Å².